The average molecular weight is 347 g/mol. The summed E-state index contributed by atoms with van der Waals surface area (Å²) in [6.07, 6.45) is 1.59. The standard InChI is InChI=1S/C19H25NO5/c1-6-13-8-12(3)9-14(7-2)16(13)20-11-25-10-15(18(21)23-4)17(20)19(22)24-5/h8-9H,6-7,10-11H2,1-5H3. The molecule has 0 amide bonds. The molecule has 136 valence electrons. The molecule has 1 heterocycles. The third kappa shape index (κ3) is 3.69. The second-order valence-electron chi connectivity index (χ2n) is 5.85. The molecule has 0 radical (unpaired) electrons. The van der Waals surface area contributed by atoms with E-state index in [1.807, 2.05) is 6.92 Å². The lowest BCUT2D eigenvalue weighted by Crippen LogP contribution is -2.39. The van der Waals surface area contributed by atoms with Crippen LogP contribution in [-0.4, -0.2) is 39.5 Å². The number of carbonyl (C=O) groups is 2. The van der Waals surface area contributed by atoms with E-state index in [1.165, 1.54) is 14.2 Å². The number of ether oxygens (including phenoxy) is 3. The zero-order valence-corrected chi connectivity index (χ0v) is 15.5. The quantitative estimate of drug-likeness (QED) is 0.763. The maximum absolute atomic E-state index is 12.5. The van der Waals surface area contributed by atoms with Gasteiger partial charge in [0.25, 0.3) is 0 Å². The Bertz CT molecular complexity index is 683. The molecule has 0 fully saturated rings. The molecule has 0 aliphatic carbocycles. The number of carbonyl (C=O) groups excluding carboxylic acids is 2. The minimum absolute atomic E-state index is 0.0163. The molecule has 0 aromatic heterocycles. The number of hydrogen-bond donors (Lipinski definition) is 0. The van der Waals surface area contributed by atoms with E-state index >= 15 is 0 Å². The van der Waals surface area contributed by atoms with E-state index < -0.39 is 11.9 Å². The summed E-state index contributed by atoms with van der Waals surface area (Å²) in [4.78, 5) is 26.3. The van der Waals surface area contributed by atoms with Gasteiger partial charge in [0, 0.05) is 5.69 Å². The molecule has 0 spiro atoms. The number of rotatable bonds is 5. The maximum atomic E-state index is 12.5. The number of anilines is 1. The van der Waals surface area contributed by atoms with Crippen molar-refractivity contribution in [2.24, 2.45) is 0 Å². The fourth-order valence-electron chi connectivity index (χ4n) is 3.14. The second-order valence-corrected chi connectivity index (χ2v) is 5.85. The summed E-state index contributed by atoms with van der Waals surface area (Å²) in [5, 5.41) is 0. The smallest absolute Gasteiger partial charge is 0.355 e. The molecule has 2 rings (SSSR count). The highest BCUT2D eigenvalue weighted by Crippen LogP contribution is 2.34. The highest BCUT2D eigenvalue weighted by molar-refractivity contribution is 6.03. The monoisotopic (exact) mass is 347 g/mol. The fourth-order valence-corrected chi connectivity index (χ4v) is 3.14. The van der Waals surface area contributed by atoms with Crippen LogP contribution >= 0.6 is 0 Å². The van der Waals surface area contributed by atoms with Crippen LogP contribution in [0.5, 0.6) is 0 Å². The van der Waals surface area contributed by atoms with Gasteiger partial charge in [0.15, 0.2) is 0 Å². The first-order valence-corrected chi connectivity index (χ1v) is 8.35. The molecule has 0 atom stereocenters. The number of aryl methyl sites for hydroxylation is 3. The second kappa shape index (κ2) is 8.16. The summed E-state index contributed by atoms with van der Waals surface area (Å²) in [5.41, 5.74) is 4.60. The molecule has 25 heavy (non-hydrogen) atoms. The minimum atomic E-state index is -0.590. The summed E-state index contributed by atoms with van der Waals surface area (Å²) >= 11 is 0. The van der Waals surface area contributed by atoms with Crippen LogP contribution < -0.4 is 4.90 Å². The van der Waals surface area contributed by atoms with E-state index in [9.17, 15) is 9.59 Å². The number of esters is 2. The molecule has 0 N–H and O–H groups in total. The van der Waals surface area contributed by atoms with Gasteiger partial charge in [-0.25, -0.2) is 9.59 Å². The largest absolute Gasteiger partial charge is 0.466 e. The first kappa shape index (κ1) is 19.0. The third-order valence-electron chi connectivity index (χ3n) is 4.28. The van der Waals surface area contributed by atoms with Crippen molar-refractivity contribution in [3.63, 3.8) is 0 Å². The maximum Gasteiger partial charge on any atom is 0.355 e. The molecule has 0 saturated carbocycles. The number of benzene rings is 1. The van der Waals surface area contributed by atoms with Crippen molar-refractivity contribution in [1.82, 2.24) is 0 Å². The van der Waals surface area contributed by atoms with Gasteiger partial charge in [-0.05, 0) is 30.9 Å². The molecule has 1 aromatic carbocycles. The van der Waals surface area contributed by atoms with Crippen molar-refractivity contribution in [2.75, 3.05) is 32.5 Å². The van der Waals surface area contributed by atoms with Crippen molar-refractivity contribution in [3.05, 3.63) is 40.1 Å². The minimum Gasteiger partial charge on any atom is -0.466 e. The Morgan fingerprint density at radius 1 is 1.08 bits per heavy atom. The van der Waals surface area contributed by atoms with E-state index in [1.54, 1.807) is 4.90 Å². The van der Waals surface area contributed by atoms with Gasteiger partial charge in [-0.2, -0.15) is 0 Å². The van der Waals surface area contributed by atoms with Gasteiger partial charge in [-0.1, -0.05) is 31.5 Å². The molecular weight excluding hydrogens is 322 g/mol. The Hall–Kier alpha value is -2.34. The van der Waals surface area contributed by atoms with Gasteiger partial charge in [-0.3, -0.25) is 0 Å². The normalized spacial score (nSPS) is 14.5. The molecule has 0 unspecified atom stereocenters. The molecule has 6 nitrogen and oxygen atoms in total. The van der Waals surface area contributed by atoms with Crippen LogP contribution in [0.3, 0.4) is 0 Å². The summed E-state index contributed by atoms with van der Waals surface area (Å²) < 4.78 is 15.3. The highest BCUT2D eigenvalue weighted by atomic mass is 16.5. The van der Waals surface area contributed by atoms with Crippen LogP contribution in [0.4, 0.5) is 5.69 Å². The van der Waals surface area contributed by atoms with Crippen LogP contribution in [0.25, 0.3) is 0 Å². The lowest BCUT2D eigenvalue weighted by atomic mass is 9.97. The molecule has 0 bridgehead atoms. The Morgan fingerprint density at radius 2 is 1.64 bits per heavy atom. The van der Waals surface area contributed by atoms with Crippen LogP contribution in [-0.2, 0) is 36.6 Å². The van der Waals surface area contributed by atoms with Gasteiger partial charge in [0.05, 0.1) is 26.4 Å². The summed E-state index contributed by atoms with van der Waals surface area (Å²) in [5.74, 6) is -1.17. The predicted octanol–water partition coefficient (Wildman–Crippen LogP) is 2.51. The summed E-state index contributed by atoms with van der Waals surface area (Å²) in [6, 6.07) is 4.19. The first-order valence-electron chi connectivity index (χ1n) is 8.35. The highest BCUT2D eigenvalue weighted by Gasteiger charge is 2.34. The van der Waals surface area contributed by atoms with Gasteiger partial charge < -0.3 is 19.1 Å². The Labute approximate surface area is 148 Å². The van der Waals surface area contributed by atoms with Crippen LogP contribution in [0.1, 0.15) is 30.5 Å². The van der Waals surface area contributed by atoms with Crippen molar-refractivity contribution in [2.45, 2.75) is 33.6 Å². The van der Waals surface area contributed by atoms with E-state index in [2.05, 4.69) is 26.0 Å². The van der Waals surface area contributed by atoms with Gasteiger partial charge in [0.2, 0.25) is 0 Å². The zero-order chi connectivity index (χ0) is 18.6. The average Bonchev–Trinajstić information content (AvgIpc) is 2.65. The summed E-state index contributed by atoms with van der Waals surface area (Å²) in [6.45, 7) is 6.36. The van der Waals surface area contributed by atoms with Crippen LogP contribution in [0.15, 0.2) is 23.4 Å². The topological polar surface area (TPSA) is 65.1 Å². The Morgan fingerprint density at radius 3 is 2.12 bits per heavy atom. The molecule has 1 aromatic rings. The fraction of sp³-hybridized carbons (Fsp3) is 0.474. The predicted molar refractivity (Wildman–Crippen MR) is 94.3 cm³/mol. The molecule has 1 aliphatic rings. The Balaban J connectivity index is 2.72. The number of hydrogen-bond acceptors (Lipinski definition) is 6. The van der Waals surface area contributed by atoms with Crippen LogP contribution in [0, 0.1) is 6.92 Å². The van der Waals surface area contributed by atoms with E-state index in [0.29, 0.717) is 0 Å². The van der Waals surface area contributed by atoms with Gasteiger partial charge >= 0.3 is 11.9 Å². The number of methoxy groups -OCH3 is 2. The molecule has 0 saturated heterocycles. The van der Waals surface area contributed by atoms with Gasteiger partial charge in [0.1, 0.15) is 12.4 Å². The Kier molecular flexibility index (Phi) is 6.20. The zero-order valence-electron chi connectivity index (χ0n) is 15.5. The van der Waals surface area contributed by atoms with Crippen molar-refractivity contribution in [1.29, 1.82) is 0 Å². The molecule has 1 aliphatic heterocycles. The van der Waals surface area contributed by atoms with E-state index in [4.69, 9.17) is 14.2 Å². The summed E-state index contributed by atoms with van der Waals surface area (Å²) in [7, 11) is 2.58. The van der Waals surface area contributed by atoms with Crippen molar-refractivity contribution >= 4 is 17.6 Å². The van der Waals surface area contributed by atoms with Crippen molar-refractivity contribution in [3.8, 4) is 0 Å². The SMILES string of the molecule is CCc1cc(C)cc(CC)c1N1COCC(C(=O)OC)=C1C(=O)OC. The van der Waals surface area contributed by atoms with Gasteiger partial charge in [-0.15, -0.1) is 0 Å². The molecule has 6 heteroatoms. The third-order valence-corrected chi connectivity index (χ3v) is 4.28. The van der Waals surface area contributed by atoms with E-state index in [-0.39, 0.29) is 24.6 Å². The van der Waals surface area contributed by atoms with E-state index in [0.717, 1.165) is 35.2 Å². The molecular formula is C19H25NO5. The number of nitrogens with zero attached hydrogens (tertiary/aromatic N) is 1. The lowest BCUT2D eigenvalue weighted by Gasteiger charge is -2.34. The lowest BCUT2D eigenvalue weighted by molar-refractivity contribution is -0.140. The van der Waals surface area contributed by atoms with Crippen LogP contribution in [0.2, 0.25) is 0 Å². The van der Waals surface area contributed by atoms with Crippen molar-refractivity contribution < 1.29 is 23.8 Å². The first-order chi connectivity index (χ1) is 12.0.